The minimum absolute atomic E-state index is 0.256. The highest BCUT2D eigenvalue weighted by molar-refractivity contribution is 5.52. The van der Waals surface area contributed by atoms with E-state index in [9.17, 15) is 0 Å². The van der Waals surface area contributed by atoms with Gasteiger partial charge in [-0.15, -0.1) is 0 Å². The van der Waals surface area contributed by atoms with Gasteiger partial charge in [-0.1, -0.05) is 5.16 Å². The van der Waals surface area contributed by atoms with Crippen molar-refractivity contribution in [3.8, 4) is 11.4 Å². The van der Waals surface area contributed by atoms with Crippen molar-refractivity contribution in [3.05, 3.63) is 30.4 Å². The number of likely N-dealkylation sites (tertiary alicyclic amines) is 1. The molecule has 2 fully saturated rings. The lowest BCUT2D eigenvalue weighted by molar-refractivity contribution is 0.0243. The smallest absolute Gasteiger partial charge is 0.244 e. The summed E-state index contributed by atoms with van der Waals surface area (Å²) in [5, 5.41) is 4.15. The highest BCUT2D eigenvalue weighted by Crippen LogP contribution is 2.35. The molecule has 2 aliphatic heterocycles. The first-order valence-electron chi connectivity index (χ1n) is 7.99. The fourth-order valence-electron chi connectivity index (χ4n) is 3.50. The van der Waals surface area contributed by atoms with E-state index in [0.717, 1.165) is 50.5 Å². The summed E-state index contributed by atoms with van der Waals surface area (Å²) in [6.45, 7) is 2.84. The normalized spacial score (nSPS) is 23.9. The van der Waals surface area contributed by atoms with Gasteiger partial charge in [0.05, 0.1) is 6.04 Å². The van der Waals surface area contributed by atoms with Gasteiger partial charge in [-0.05, 0) is 44.4 Å². The summed E-state index contributed by atoms with van der Waals surface area (Å²) in [5.74, 6) is 1.40. The number of aromatic nitrogens is 3. The predicted molar refractivity (Wildman–Crippen MR) is 80.1 cm³/mol. The second-order valence-electron chi connectivity index (χ2n) is 5.93. The average molecular weight is 300 g/mol. The predicted octanol–water partition coefficient (Wildman–Crippen LogP) is 2.45. The number of nitrogens with zero attached hydrogens (tertiary/aromatic N) is 4. The van der Waals surface area contributed by atoms with E-state index in [0.29, 0.717) is 11.9 Å². The number of ether oxygens (including phenoxy) is 1. The lowest BCUT2D eigenvalue weighted by atomic mass is 10.1. The zero-order valence-electron chi connectivity index (χ0n) is 12.5. The van der Waals surface area contributed by atoms with E-state index in [1.54, 1.807) is 12.4 Å². The maximum atomic E-state index is 5.57. The Morgan fingerprint density at radius 2 is 1.91 bits per heavy atom. The van der Waals surface area contributed by atoms with Crippen molar-refractivity contribution in [2.24, 2.45) is 0 Å². The third-order valence-corrected chi connectivity index (χ3v) is 4.62. The summed E-state index contributed by atoms with van der Waals surface area (Å²) in [5.41, 5.74) is 0.945. The zero-order chi connectivity index (χ0) is 14.8. The summed E-state index contributed by atoms with van der Waals surface area (Å²) in [6, 6.07) is 4.64. The molecule has 0 radical (unpaired) electrons. The number of hydrogen-bond donors (Lipinski definition) is 0. The van der Waals surface area contributed by atoms with Crippen molar-refractivity contribution >= 4 is 0 Å². The van der Waals surface area contributed by atoms with Gasteiger partial charge in [-0.25, -0.2) is 0 Å². The average Bonchev–Trinajstić information content (AvgIpc) is 3.25. The first kappa shape index (κ1) is 13.8. The highest BCUT2D eigenvalue weighted by atomic mass is 16.5. The topological polar surface area (TPSA) is 64.3 Å². The Hall–Kier alpha value is -1.79. The molecule has 0 amide bonds. The maximum absolute atomic E-state index is 5.57. The highest BCUT2D eigenvalue weighted by Gasteiger charge is 2.35. The molecule has 6 heteroatoms. The fourth-order valence-corrected chi connectivity index (χ4v) is 3.50. The molecule has 0 N–H and O–H groups in total. The Morgan fingerprint density at radius 3 is 2.73 bits per heavy atom. The van der Waals surface area contributed by atoms with Crippen LogP contribution in [-0.4, -0.2) is 45.8 Å². The van der Waals surface area contributed by atoms with Gasteiger partial charge in [0.15, 0.2) is 0 Å². The van der Waals surface area contributed by atoms with Gasteiger partial charge >= 0.3 is 0 Å². The van der Waals surface area contributed by atoms with E-state index >= 15 is 0 Å². The minimum Gasteiger partial charge on any atom is -0.381 e. The van der Waals surface area contributed by atoms with Crippen LogP contribution in [0.15, 0.2) is 29.0 Å². The van der Waals surface area contributed by atoms with Crippen molar-refractivity contribution in [1.29, 1.82) is 0 Å². The van der Waals surface area contributed by atoms with Gasteiger partial charge in [-0.3, -0.25) is 9.88 Å². The van der Waals surface area contributed by atoms with Crippen molar-refractivity contribution in [2.75, 3.05) is 19.8 Å². The summed E-state index contributed by atoms with van der Waals surface area (Å²) in [4.78, 5) is 11.2. The molecule has 2 aliphatic rings. The number of hydrogen-bond acceptors (Lipinski definition) is 6. The molecule has 6 nitrogen and oxygen atoms in total. The molecule has 1 atom stereocenters. The molecule has 2 aromatic heterocycles. The minimum atomic E-state index is 0.256. The SMILES string of the molecule is c1cc(-c2noc([C@H]3CCCN3C3CCOCC3)n2)ccn1. The van der Waals surface area contributed by atoms with Crippen LogP contribution in [0.4, 0.5) is 0 Å². The van der Waals surface area contributed by atoms with Crippen LogP contribution in [0.1, 0.15) is 37.6 Å². The molecule has 0 aromatic carbocycles. The first-order valence-corrected chi connectivity index (χ1v) is 7.99. The molecule has 0 unspecified atom stereocenters. The van der Waals surface area contributed by atoms with Gasteiger partial charge < -0.3 is 9.26 Å². The van der Waals surface area contributed by atoms with Gasteiger partial charge in [0.2, 0.25) is 11.7 Å². The molecule has 0 saturated carbocycles. The van der Waals surface area contributed by atoms with Crippen LogP contribution in [0.2, 0.25) is 0 Å². The number of rotatable bonds is 3. The van der Waals surface area contributed by atoms with Crippen LogP contribution in [0.3, 0.4) is 0 Å². The van der Waals surface area contributed by atoms with E-state index in [1.165, 1.54) is 6.42 Å². The Labute approximate surface area is 129 Å². The van der Waals surface area contributed by atoms with Crippen LogP contribution in [0.5, 0.6) is 0 Å². The van der Waals surface area contributed by atoms with Gasteiger partial charge in [0, 0.05) is 37.2 Å². The summed E-state index contributed by atoms with van der Waals surface area (Å²) in [7, 11) is 0. The maximum Gasteiger partial charge on any atom is 0.244 e. The first-order chi connectivity index (χ1) is 10.9. The molecule has 116 valence electrons. The van der Waals surface area contributed by atoms with Crippen molar-refractivity contribution < 1.29 is 9.26 Å². The molecular formula is C16H20N4O2. The van der Waals surface area contributed by atoms with Gasteiger partial charge in [0.1, 0.15) is 0 Å². The Balaban J connectivity index is 1.54. The number of pyridine rings is 1. The quantitative estimate of drug-likeness (QED) is 0.867. The second kappa shape index (κ2) is 6.14. The molecule has 22 heavy (non-hydrogen) atoms. The van der Waals surface area contributed by atoms with E-state index in [1.807, 2.05) is 12.1 Å². The summed E-state index contributed by atoms with van der Waals surface area (Å²) >= 11 is 0. The van der Waals surface area contributed by atoms with E-state index in [2.05, 4.69) is 20.0 Å². The zero-order valence-corrected chi connectivity index (χ0v) is 12.5. The third-order valence-electron chi connectivity index (χ3n) is 4.62. The van der Waals surface area contributed by atoms with Crippen LogP contribution in [0.25, 0.3) is 11.4 Å². The monoisotopic (exact) mass is 300 g/mol. The summed E-state index contributed by atoms with van der Waals surface area (Å²) < 4.78 is 11.0. The van der Waals surface area contributed by atoms with E-state index < -0.39 is 0 Å². The molecule has 0 bridgehead atoms. The molecule has 2 saturated heterocycles. The molecular weight excluding hydrogens is 280 g/mol. The fraction of sp³-hybridized carbons (Fsp3) is 0.562. The van der Waals surface area contributed by atoms with Crippen molar-refractivity contribution in [3.63, 3.8) is 0 Å². The standard InChI is InChI=1S/C16H20N4O2/c1-2-14(20(9-1)13-5-10-21-11-6-13)16-18-15(19-22-16)12-3-7-17-8-4-12/h3-4,7-8,13-14H,1-2,5-6,9-11H2/t14-/m1/s1. The van der Waals surface area contributed by atoms with Gasteiger partial charge in [-0.2, -0.15) is 4.98 Å². The lowest BCUT2D eigenvalue weighted by Crippen LogP contribution is -2.39. The molecule has 0 aliphatic carbocycles. The Kier molecular flexibility index (Phi) is 3.86. The largest absolute Gasteiger partial charge is 0.381 e. The van der Waals surface area contributed by atoms with Crippen LogP contribution in [0, 0.1) is 0 Å². The Bertz CT molecular complexity index is 610. The second-order valence-corrected chi connectivity index (χ2v) is 5.93. The van der Waals surface area contributed by atoms with Crippen LogP contribution in [-0.2, 0) is 4.74 Å². The van der Waals surface area contributed by atoms with E-state index in [-0.39, 0.29) is 6.04 Å². The van der Waals surface area contributed by atoms with Crippen molar-refractivity contribution in [2.45, 2.75) is 37.8 Å². The third kappa shape index (κ3) is 2.64. The van der Waals surface area contributed by atoms with Crippen LogP contribution >= 0.6 is 0 Å². The van der Waals surface area contributed by atoms with Crippen LogP contribution < -0.4 is 0 Å². The molecule has 4 heterocycles. The molecule has 2 aromatic rings. The van der Waals surface area contributed by atoms with Gasteiger partial charge in [0.25, 0.3) is 0 Å². The van der Waals surface area contributed by atoms with E-state index in [4.69, 9.17) is 9.26 Å². The molecule has 0 spiro atoms. The summed E-state index contributed by atoms with van der Waals surface area (Å²) in [6.07, 6.45) is 7.97. The lowest BCUT2D eigenvalue weighted by Gasteiger charge is -2.33. The van der Waals surface area contributed by atoms with Crippen molar-refractivity contribution in [1.82, 2.24) is 20.0 Å². The Morgan fingerprint density at radius 1 is 1.09 bits per heavy atom. The molecule has 4 rings (SSSR count).